The average Bonchev–Trinajstić information content (AvgIpc) is 2.34. The largest absolute Gasteiger partial charge is 0.462 e. The lowest BCUT2D eigenvalue weighted by atomic mass is 10.2. The lowest BCUT2D eigenvalue weighted by molar-refractivity contribution is -0.137. The van der Waals surface area contributed by atoms with Gasteiger partial charge in [-0.1, -0.05) is 25.4 Å². The van der Waals surface area contributed by atoms with E-state index in [0.717, 1.165) is 0 Å². The molecule has 4 nitrogen and oxygen atoms in total. The monoisotopic (exact) mass is 266 g/mol. The Morgan fingerprint density at radius 1 is 1.39 bits per heavy atom. The normalized spacial score (nSPS) is 10.9. The minimum absolute atomic E-state index is 0.0226. The number of hydrogen-bond acceptors (Lipinski definition) is 4. The molecular weight excluding hydrogens is 256 g/mol. The third kappa shape index (κ3) is 2.38. The molecule has 0 radical (unpaired) electrons. The standard InChI is InChI=1S/C13H11ClO4/c1-7(2)13(16)18-8-3-4-9-11(5-8)17-6-10(14)12(9)15/h3-7H,1-2H3. The van der Waals surface area contributed by atoms with Crippen LogP contribution in [0.4, 0.5) is 0 Å². The smallest absolute Gasteiger partial charge is 0.313 e. The molecule has 1 heterocycles. The van der Waals surface area contributed by atoms with Crippen LogP contribution in [-0.2, 0) is 4.79 Å². The molecule has 0 N–H and O–H groups in total. The average molecular weight is 267 g/mol. The van der Waals surface area contributed by atoms with Gasteiger partial charge in [0, 0.05) is 6.07 Å². The molecule has 18 heavy (non-hydrogen) atoms. The second kappa shape index (κ2) is 4.82. The van der Waals surface area contributed by atoms with Crippen molar-refractivity contribution in [2.75, 3.05) is 0 Å². The highest BCUT2D eigenvalue weighted by Gasteiger charge is 2.11. The summed E-state index contributed by atoms with van der Waals surface area (Å²) >= 11 is 5.66. The lowest BCUT2D eigenvalue weighted by Gasteiger charge is -2.06. The SMILES string of the molecule is CC(C)C(=O)Oc1ccc2c(=O)c(Cl)coc2c1. The van der Waals surface area contributed by atoms with Gasteiger partial charge in [0.25, 0.3) is 0 Å². The zero-order chi connectivity index (χ0) is 13.3. The van der Waals surface area contributed by atoms with Crippen molar-refractivity contribution in [3.63, 3.8) is 0 Å². The number of hydrogen-bond donors (Lipinski definition) is 0. The number of carbonyl (C=O) groups excluding carboxylic acids is 1. The molecule has 0 saturated carbocycles. The Bertz CT molecular complexity index is 658. The zero-order valence-electron chi connectivity index (χ0n) is 9.90. The molecule has 0 unspecified atom stereocenters. The van der Waals surface area contributed by atoms with Crippen molar-refractivity contribution in [1.29, 1.82) is 0 Å². The molecule has 0 aliphatic carbocycles. The van der Waals surface area contributed by atoms with Gasteiger partial charge < -0.3 is 9.15 Å². The predicted octanol–water partition coefficient (Wildman–Crippen LogP) is 3.01. The van der Waals surface area contributed by atoms with Gasteiger partial charge in [0.1, 0.15) is 22.6 Å². The van der Waals surface area contributed by atoms with Crippen LogP contribution in [0.5, 0.6) is 5.75 Å². The lowest BCUT2D eigenvalue weighted by Crippen LogP contribution is -2.14. The molecule has 5 heteroatoms. The van der Waals surface area contributed by atoms with E-state index in [9.17, 15) is 9.59 Å². The zero-order valence-corrected chi connectivity index (χ0v) is 10.7. The first-order valence-electron chi connectivity index (χ1n) is 5.42. The van der Waals surface area contributed by atoms with E-state index in [1.54, 1.807) is 13.8 Å². The fraction of sp³-hybridized carbons (Fsp3) is 0.231. The van der Waals surface area contributed by atoms with Crippen LogP contribution in [0.15, 0.2) is 33.7 Å². The maximum Gasteiger partial charge on any atom is 0.313 e. The Morgan fingerprint density at radius 3 is 2.78 bits per heavy atom. The van der Waals surface area contributed by atoms with E-state index in [1.165, 1.54) is 24.5 Å². The van der Waals surface area contributed by atoms with Gasteiger partial charge in [0.05, 0.1) is 11.3 Å². The van der Waals surface area contributed by atoms with Crippen LogP contribution in [0.3, 0.4) is 0 Å². The van der Waals surface area contributed by atoms with Crippen molar-refractivity contribution < 1.29 is 13.9 Å². The first-order valence-corrected chi connectivity index (χ1v) is 5.79. The van der Waals surface area contributed by atoms with Gasteiger partial charge in [-0.3, -0.25) is 9.59 Å². The first-order chi connectivity index (χ1) is 8.49. The molecule has 0 bridgehead atoms. The van der Waals surface area contributed by atoms with E-state index in [4.69, 9.17) is 20.8 Å². The molecule has 0 aliphatic heterocycles. The highest BCUT2D eigenvalue weighted by molar-refractivity contribution is 6.30. The van der Waals surface area contributed by atoms with Gasteiger partial charge in [-0.25, -0.2) is 0 Å². The minimum atomic E-state index is -0.342. The number of ether oxygens (including phenoxy) is 1. The van der Waals surface area contributed by atoms with Gasteiger partial charge in [-0.05, 0) is 12.1 Å². The van der Waals surface area contributed by atoms with Gasteiger partial charge in [-0.15, -0.1) is 0 Å². The third-order valence-corrected chi connectivity index (χ3v) is 2.65. The molecule has 0 atom stereocenters. The van der Waals surface area contributed by atoms with Crippen LogP contribution in [0.1, 0.15) is 13.8 Å². The molecule has 0 amide bonds. The van der Waals surface area contributed by atoms with E-state index in [-0.39, 0.29) is 22.3 Å². The minimum Gasteiger partial charge on any atom is -0.462 e. The van der Waals surface area contributed by atoms with Gasteiger partial charge in [0.15, 0.2) is 0 Å². The summed E-state index contributed by atoms with van der Waals surface area (Å²) in [6.45, 7) is 3.48. The van der Waals surface area contributed by atoms with Crippen molar-refractivity contribution in [2.45, 2.75) is 13.8 Å². The Hall–Kier alpha value is -1.81. The predicted molar refractivity (Wildman–Crippen MR) is 68.0 cm³/mol. The molecule has 0 aliphatic rings. The van der Waals surface area contributed by atoms with Crippen molar-refractivity contribution >= 4 is 28.5 Å². The van der Waals surface area contributed by atoms with Gasteiger partial charge >= 0.3 is 5.97 Å². The molecule has 2 rings (SSSR count). The summed E-state index contributed by atoms with van der Waals surface area (Å²) in [6.07, 6.45) is 1.17. The number of benzene rings is 1. The van der Waals surface area contributed by atoms with Crippen LogP contribution >= 0.6 is 11.6 Å². The van der Waals surface area contributed by atoms with Crippen molar-refractivity contribution in [2.24, 2.45) is 5.92 Å². The molecule has 0 fully saturated rings. The Kier molecular flexibility index (Phi) is 3.39. The van der Waals surface area contributed by atoms with Crippen molar-refractivity contribution in [3.8, 4) is 5.75 Å². The maximum atomic E-state index is 11.7. The van der Waals surface area contributed by atoms with E-state index < -0.39 is 0 Å². The van der Waals surface area contributed by atoms with Crippen LogP contribution < -0.4 is 10.2 Å². The Morgan fingerprint density at radius 2 is 2.11 bits per heavy atom. The second-order valence-corrected chi connectivity index (χ2v) is 4.55. The maximum absolute atomic E-state index is 11.7. The van der Waals surface area contributed by atoms with Crippen molar-refractivity contribution in [1.82, 2.24) is 0 Å². The van der Waals surface area contributed by atoms with E-state index in [1.807, 2.05) is 0 Å². The number of rotatable bonds is 2. The van der Waals surface area contributed by atoms with Crippen molar-refractivity contribution in [3.05, 3.63) is 39.7 Å². The van der Waals surface area contributed by atoms with Crippen LogP contribution in [0, 0.1) is 5.92 Å². The summed E-state index contributed by atoms with van der Waals surface area (Å²) in [7, 11) is 0. The molecule has 0 saturated heterocycles. The summed E-state index contributed by atoms with van der Waals surface area (Å²) < 4.78 is 10.3. The summed E-state index contributed by atoms with van der Waals surface area (Å²) in [4.78, 5) is 23.1. The van der Waals surface area contributed by atoms with E-state index >= 15 is 0 Å². The Labute approximate surface area is 108 Å². The van der Waals surface area contributed by atoms with E-state index in [0.29, 0.717) is 16.7 Å². The summed E-state index contributed by atoms with van der Waals surface area (Å²) in [6, 6.07) is 4.55. The highest BCUT2D eigenvalue weighted by atomic mass is 35.5. The number of halogens is 1. The fourth-order valence-electron chi connectivity index (χ4n) is 1.38. The number of fused-ring (bicyclic) bond motifs is 1. The highest BCUT2D eigenvalue weighted by Crippen LogP contribution is 2.21. The number of carbonyl (C=O) groups is 1. The second-order valence-electron chi connectivity index (χ2n) is 4.15. The quantitative estimate of drug-likeness (QED) is 0.619. The molecule has 2 aromatic rings. The Balaban J connectivity index is 2.43. The summed E-state index contributed by atoms with van der Waals surface area (Å²) in [5.74, 6) is -0.227. The molecule has 1 aromatic heterocycles. The fourth-order valence-corrected chi connectivity index (χ4v) is 1.53. The molecular formula is C13H11ClO4. The number of esters is 1. The molecule has 94 valence electrons. The first kappa shape index (κ1) is 12.6. The summed E-state index contributed by atoms with van der Waals surface area (Å²) in [5, 5.41) is 0.376. The van der Waals surface area contributed by atoms with E-state index in [2.05, 4.69) is 0 Å². The van der Waals surface area contributed by atoms with Gasteiger partial charge in [0.2, 0.25) is 5.43 Å². The van der Waals surface area contributed by atoms with Gasteiger partial charge in [-0.2, -0.15) is 0 Å². The van der Waals surface area contributed by atoms with Crippen LogP contribution in [0.2, 0.25) is 5.02 Å². The molecule has 0 spiro atoms. The molecule has 1 aromatic carbocycles. The van der Waals surface area contributed by atoms with Crippen LogP contribution in [0.25, 0.3) is 11.0 Å². The third-order valence-electron chi connectivity index (χ3n) is 2.39. The topological polar surface area (TPSA) is 56.5 Å². The van der Waals surface area contributed by atoms with Crippen LogP contribution in [-0.4, -0.2) is 5.97 Å². The summed E-state index contributed by atoms with van der Waals surface area (Å²) in [5.41, 5.74) is 0.0260.